The van der Waals surface area contributed by atoms with Crippen molar-refractivity contribution in [2.24, 2.45) is 5.92 Å². The molecule has 0 fully saturated rings. The van der Waals surface area contributed by atoms with E-state index in [4.69, 9.17) is 14.7 Å². The summed E-state index contributed by atoms with van der Waals surface area (Å²) < 4.78 is 9.61. The molecule has 0 rings (SSSR count). The fourth-order valence-electron chi connectivity index (χ4n) is 1.02. The van der Waals surface area contributed by atoms with Gasteiger partial charge in [0, 0.05) is 27.3 Å². The second-order valence-corrected chi connectivity index (χ2v) is 3.05. The highest BCUT2D eigenvalue weighted by molar-refractivity contribution is 4.84. The first-order valence-electron chi connectivity index (χ1n) is 4.50. The molecule has 0 bridgehead atoms. The van der Waals surface area contributed by atoms with Crippen molar-refractivity contribution in [1.29, 1.82) is 5.26 Å². The van der Waals surface area contributed by atoms with Gasteiger partial charge in [-0.1, -0.05) is 0 Å². The van der Waals surface area contributed by atoms with Crippen LogP contribution in [0.3, 0.4) is 0 Å². The second kappa shape index (κ2) is 8.91. The molecule has 0 spiro atoms. The molecule has 0 aliphatic rings. The zero-order valence-corrected chi connectivity index (χ0v) is 8.69. The summed E-state index contributed by atoms with van der Waals surface area (Å²) in [5.41, 5.74) is 0. The Morgan fingerprint density at radius 2 is 1.93 bits per heavy atom. The molecule has 5 heteroatoms. The predicted molar refractivity (Wildman–Crippen MR) is 51.7 cm³/mol. The molecule has 0 aliphatic carbocycles. The summed E-state index contributed by atoms with van der Waals surface area (Å²) >= 11 is 0. The van der Waals surface area contributed by atoms with E-state index in [9.17, 15) is 5.11 Å². The molecular formula is C9H18N2O3. The van der Waals surface area contributed by atoms with Crippen LogP contribution in [0.1, 0.15) is 0 Å². The van der Waals surface area contributed by atoms with E-state index in [2.05, 4.69) is 11.4 Å². The smallest absolute Gasteiger partial charge is 0.0897 e. The summed E-state index contributed by atoms with van der Waals surface area (Å²) in [5.74, 6) is -0.172. The number of methoxy groups -OCH3 is 2. The molecule has 5 nitrogen and oxygen atoms in total. The Bertz CT molecular complexity index is 170. The molecule has 2 N–H and O–H groups in total. The van der Waals surface area contributed by atoms with Gasteiger partial charge in [0.2, 0.25) is 0 Å². The fraction of sp³-hybridized carbons (Fsp3) is 0.889. The quantitative estimate of drug-likeness (QED) is 0.548. The maximum absolute atomic E-state index is 9.26. The predicted octanol–water partition coefficient (Wildman–Crippen LogP) is -0.631. The second-order valence-electron chi connectivity index (χ2n) is 3.05. The van der Waals surface area contributed by atoms with E-state index in [1.807, 2.05) is 0 Å². The largest absolute Gasteiger partial charge is 0.389 e. The van der Waals surface area contributed by atoms with E-state index in [0.717, 1.165) is 0 Å². The Hall–Kier alpha value is -0.670. The minimum Gasteiger partial charge on any atom is -0.389 e. The van der Waals surface area contributed by atoms with Crippen LogP contribution in [0.25, 0.3) is 0 Å². The van der Waals surface area contributed by atoms with E-state index in [1.54, 1.807) is 7.11 Å². The lowest BCUT2D eigenvalue weighted by atomic mass is 10.2. The number of ether oxygens (including phenoxy) is 2. The molecule has 2 atom stereocenters. The average molecular weight is 202 g/mol. The van der Waals surface area contributed by atoms with Crippen LogP contribution in [-0.4, -0.2) is 51.7 Å². The minimum atomic E-state index is -0.526. The molecule has 0 amide bonds. The minimum absolute atomic E-state index is 0.172. The number of nitrogens with zero attached hydrogens (tertiary/aromatic N) is 1. The normalized spacial score (nSPS) is 14.7. The van der Waals surface area contributed by atoms with Crippen molar-refractivity contribution in [1.82, 2.24) is 5.32 Å². The van der Waals surface area contributed by atoms with Crippen LogP contribution in [-0.2, 0) is 9.47 Å². The molecule has 0 heterocycles. The number of nitrogens with one attached hydrogen (secondary N) is 1. The van der Waals surface area contributed by atoms with Crippen molar-refractivity contribution < 1.29 is 14.6 Å². The van der Waals surface area contributed by atoms with Crippen molar-refractivity contribution in [3.05, 3.63) is 0 Å². The van der Waals surface area contributed by atoms with Gasteiger partial charge in [0.25, 0.3) is 0 Å². The Kier molecular flexibility index (Phi) is 8.48. The van der Waals surface area contributed by atoms with Gasteiger partial charge in [-0.3, -0.25) is 0 Å². The van der Waals surface area contributed by atoms with Crippen LogP contribution in [0.2, 0.25) is 0 Å². The third kappa shape index (κ3) is 6.80. The highest BCUT2D eigenvalue weighted by Gasteiger charge is 2.08. The van der Waals surface area contributed by atoms with E-state index < -0.39 is 6.10 Å². The van der Waals surface area contributed by atoms with Gasteiger partial charge in [0.15, 0.2) is 0 Å². The fourth-order valence-corrected chi connectivity index (χ4v) is 1.02. The van der Waals surface area contributed by atoms with Crippen molar-refractivity contribution in [3.8, 4) is 6.07 Å². The first-order chi connectivity index (χ1) is 6.74. The topological polar surface area (TPSA) is 74.5 Å². The van der Waals surface area contributed by atoms with Crippen molar-refractivity contribution in [2.45, 2.75) is 6.10 Å². The van der Waals surface area contributed by atoms with Gasteiger partial charge in [-0.2, -0.15) is 5.26 Å². The molecule has 0 radical (unpaired) electrons. The zero-order valence-electron chi connectivity index (χ0n) is 8.69. The highest BCUT2D eigenvalue weighted by atomic mass is 16.5. The third-order valence-electron chi connectivity index (χ3n) is 1.68. The van der Waals surface area contributed by atoms with Crippen molar-refractivity contribution in [2.75, 3.05) is 40.5 Å². The lowest BCUT2D eigenvalue weighted by molar-refractivity contribution is 0.0635. The van der Waals surface area contributed by atoms with Crippen LogP contribution in [0.5, 0.6) is 0 Å². The summed E-state index contributed by atoms with van der Waals surface area (Å²) in [5, 5.41) is 20.9. The van der Waals surface area contributed by atoms with Crippen LogP contribution >= 0.6 is 0 Å². The monoisotopic (exact) mass is 202 g/mol. The van der Waals surface area contributed by atoms with Gasteiger partial charge in [-0.05, 0) is 0 Å². The zero-order chi connectivity index (χ0) is 10.8. The molecule has 0 aromatic rings. The number of nitriles is 1. The molecule has 0 saturated heterocycles. The van der Waals surface area contributed by atoms with E-state index in [0.29, 0.717) is 26.3 Å². The maximum atomic E-state index is 9.26. The van der Waals surface area contributed by atoms with Crippen molar-refractivity contribution in [3.63, 3.8) is 0 Å². The SMILES string of the molecule is COCC(O)CNCC(C#N)COC. The molecule has 2 unspecified atom stereocenters. The highest BCUT2D eigenvalue weighted by Crippen LogP contribution is 1.92. The van der Waals surface area contributed by atoms with Crippen LogP contribution in [0.15, 0.2) is 0 Å². The molecule has 0 aromatic carbocycles. The summed E-state index contributed by atoms with van der Waals surface area (Å²) in [6.45, 7) is 1.65. The lowest BCUT2D eigenvalue weighted by Crippen LogP contribution is -2.34. The summed E-state index contributed by atoms with van der Waals surface area (Å²) in [4.78, 5) is 0. The van der Waals surface area contributed by atoms with Crippen LogP contribution in [0, 0.1) is 17.2 Å². The van der Waals surface area contributed by atoms with E-state index in [-0.39, 0.29) is 5.92 Å². The number of rotatable bonds is 8. The molecule has 0 aromatic heterocycles. The van der Waals surface area contributed by atoms with E-state index >= 15 is 0 Å². The van der Waals surface area contributed by atoms with Gasteiger partial charge in [0.1, 0.15) is 0 Å². The standard InChI is InChI=1S/C9H18N2O3/c1-13-6-8(3-10)4-11-5-9(12)7-14-2/h8-9,11-12H,4-7H2,1-2H3. The van der Waals surface area contributed by atoms with E-state index in [1.165, 1.54) is 7.11 Å². The van der Waals surface area contributed by atoms with Crippen LogP contribution in [0.4, 0.5) is 0 Å². The Morgan fingerprint density at radius 3 is 2.43 bits per heavy atom. The van der Waals surface area contributed by atoms with Gasteiger partial charge in [-0.15, -0.1) is 0 Å². The van der Waals surface area contributed by atoms with Gasteiger partial charge >= 0.3 is 0 Å². The molecule has 0 saturated carbocycles. The maximum Gasteiger partial charge on any atom is 0.0897 e. The first-order valence-corrected chi connectivity index (χ1v) is 4.50. The number of hydrogen-bond donors (Lipinski definition) is 2. The number of aliphatic hydroxyl groups is 1. The van der Waals surface area contributed by atoms with Crippen LogP contribution < -0.4 is 5.32 Å². The molecule has 82 valence electrons. The van der Waals surface area contributed by atoms with Gasteiger partial charge < -0.3 is 19.9 Å². The average Bonchev–Trinajstić information content (AvgIpc) is 2.17. The molecule has 0 aliphatic heterocycles. The lowest BCUT2D eigenvalue weighted by Gasteiger charge is -2.12. The number of hydrogen-bond acceptors (Lipinski definition) is 5. The molecular weight excluding hydrogens is 184 g/mol. The first kappa shape index (κ1) is 13.3. The number of aliphatic hydroxyl groups excluding tert-OH is 1. The Balaban J connectivity index is 3.46. The third-order valence-corrected chi connectivity index (χ3v) is 1.68. The summed E-state index contributed by atoms with van der Waals surface area (Å²) in [6, 6.07) is 2.11. The summed E-state index contributed by atoms with van der Waals surface area (Å²) in [7, 11) is 3.09. The Labute approximate surface area is 84.6 Å². The van der Waals surface area contributed by atoms with Crippen molar-refractivity contribution >= 4 is 0 Å². The van der Waals surface area contributed by atoms with Gasteiger partial charge in [0.05, 0.1) is 31.3 Å². The van der Waals surface area contributed by atoms with Gasteiger partial charge in [-0.25, -0.2) is 0 Å². The molecule has 14 heavy (non-hydrogen) atoms. The Morgan fingerprint density at radius 1 is 1.29 bits per heavy atom. The summed E-state index contributed by atoms with van der Waals surface area (Å²) in [6.07, 6.45) is -0.526.